The van der Waals surface area contributed by atoms with E-state index in [1.54, 1.807) is 53.7 Å². The van der Waals surface area contributed by atoms with E-state index in [9.17, 15) is 14.4 Å². The number of alkyl carbamates (subject to hydrolysis) is 1. The van der Waals surface area contributed by atoms with Gasteiger partial charge in [0.1, 0.15) is 23.9 Å². The monoisotopic (exact) mass is 379 g/mol. The van der Waals surface area contributed by atoms with Gasteiger partial charge in [-0.15, -0.1) is 0 Å². The topological polar surface area (TPSA) is 90.9 Å². The summed E-state index contributed by atoms with van der Waals surface area (Å²) >= 11 is 0. The van der Waals surface area contributed by atoms with E-state index in [2.05, 4.69) is 5.32 Å². The lowest BCUT2D eigenvalue weighted by Crippen LogP contribution is -2.46. The number of carbonyl (C=O) groups excluding carboxylic acids is 3. The number of benzene rings is 1. The van der Waals surface area contributed by atoms with Gasteiger partial charge in [-0.2, -0.15) is 0 Å². The highest BCUT2D eigenvalue weighted by atomic mass is 16.6. The molecule has 1 atom stereocenters. The summed E-state index contributed by atoms with van der Waals surface area (Å²) in [5, 5.41) is 2.39. The molecule has 0 aliphatic rings. The molecule has 27 heavy (non-hydrogen) atoms. The normalized spacial score (nSPS) is 12.7. The summed E-state index contributed by atoms with van der Waals surface area (Å²) in [6, 6.07) is 7.90. The summed E-state index contributed by atoms with van der Waals surface area (Å²) in [4.78, 5) is 36.5. The average Bonchev–Trinajstić information content (AvgIpc) is 2.50. The van der Waals surface area contributed by atoms with Crippen molar-refractivity contribution in [2.45, 2.75) is 71.8 Å². The van der Waals surface area contributed by atoms with Gasteiger partial charge in [0.15, 0.2) is 0 Å². The Morgan fingerprint density at radius 1 is 0.926 bits per heavy atom. The predicted molar refractivity (Wildman–Crippen MR) is 99.9 cm³/mol. The van der Waals surface area contributed by atoms with Crippen LogP contribution in [0.5, 0.6) is 0 Å². The lowest BCUT2D eigenvalue weighted by atomic mass is 10.1. The lowest BCUT2D eigenvalue weighted by Gasteiger charge is -2.25. The van der Waals surface area contributed by atoms with Crippen LogP contribution in [0.15, 0.2) is 30.3 Å². The first kappa shape index (κ1) is 22.5. The Bertz CT molecular complexity index is 643. The van der Waals surface area contributed by atoms with Crippen molar-refractivity contribution in [3.8, 4) is 0 Å². The van der Waals surface area contributed by atoms with Crippen LogP contribution in [-0.2, 0) is 30.4 Å². The minimum atomic E-state index is -1.21. The van der Waals surface area contributed by atoms with Crippen LogP contribution in [0.3, 0.4) is 0 Å². The number of hydrogen-bond donors (Lipinski definition) is 1. The number of rotatable bonds is 6. The van der Waals surface area contributed by atoms with E-state index >= 15 is 0 Å². The maximum absolute atomic E-state index is 12.4. The van der Waals surface area contributed by atoms with Gasteiger partial charge in [0.2, 0.25) is 0 Å². The maximum atomic E-state index is 12.4. The van der Waals surface area contributed by atoms with Crippen LogP contribution in [0.2, 0.25) is 0 Å². The van der Waals surface area contributed by atoms with Crippen LogP contribution in [0.25, 0.3) is 0 Å². The van der Waals surface area contributed by atoms with E-state index < -0.39 is 35.3 Å². The Balaban J connectivity index is 2.72. The van der Waals surface area contributed by atoms with E-state index in [1.807, 2.05) is 18.2 Å². The molecule has 0 aromatic heterocycles. The minimum absolute atomic E-state index is 0.0418. The second kappa shape index (κ2) is 9.39. The Labute approximate surface area is 160 Å². The molecule has 0 unspecified atom stereocenters. The number of amides is 1. The van der Waals surface area contributed by atoms with Gasteiger partial charge < -0.3 is 19.5 Å². The maximum Gasteiger partial charge on any atom is 0.408 e. The molecule has 1 rings (SSSR count). The molecule has 0 saturated carbocycles. The number of ether oxygens (including phenoxy) is 3. The van der Waals surface area contributed by atoms with Crippen molar-refractivity contribution in [3.63, 3.8) is 0 Å². The van der Waals surface area contributed by atoms with E-state index in [0.29, 0.717) is 0 Å². The molecule has 0 aliphatic carbocycles. The molecule has 1 amide bonds. The fraction of sp³-hybridized carbons (Fsp3) is 0.550. The number of nitrogens with one attached hydrogen (secondary N) is 1. The molecule has 0 fully saturated rings. The van der Waals surface area contributed by atoms with Crippen molar-refractivity contribution >= 4 is 18.0 Å². The molecule has 0 heterocycles. The third-order valence-electron chi connectivity index (χ3n) is 2.99. The van der Waals surface area contributed by atoms with Crippen LogP contribution in [0.4, 0.5) is 4.79 Å². The van der Waals surface area contributed by atoms with Crippen LogP contribution < -0.4 is 5.32 Å². The molecule has 7 nitrogen and oxygen atoms in total. The van der Waals surface area contributed by atoms with Gasteiger partial charge in [-0.1, -0.05) is 30.3 Å². The molecule has 1 N–H and O–H groups in total. The Morgan fingerprint density at radius 2 is 1.48 bits per heavy atom. The van der Waals surface area contributed by atoms with Gasteiger partial charge in [-0.3, -0.25) is 4.79 Å². The Kier molecular flexibility index (Phi) is 7.82. The Morgan fingerprint density at radius 3 is 2.00 bits per heavy atom. The largest absolute Gasteiger partial charge is 0.460 e. The van der Waals surface area contributed by atoms with Crippen LogP contribution in [0.1, 0.15) is 53.5 Å². The molecule has 1 aromatic carbocycles. The van der Waals surface area contributed by atoms with Crippen molar-refractivity contribution in [3.05, 3.63) is 35.9 Å². The van der Waals surface area contributed by atoms with E-state index in [-0.39, 0.29) is 13.0 Å². The van der Waals surface area contributed by atoms with Crippen LogP contribution in [-0.4, -0.2) is 35.3 Å². The molecule has 0 spiro atoms. The molecule has 1 aromatic rings. The highest BCUT2D eigenvalue weighted by Crippen LogP contribution is 2.13. The quantitative estimate of drug-likeness (QED) is 0.602. The fourth-order valence-electron chi connectivity index (χ4n) is 2.02. The van der Waals surface area contributed by atoms with E-state index in [0.717, 1.165) is 5.56 Å². The fourth-order valence-corrected chi connectivity index (χ4v) is 2.02. The number of carbonyl (C=O) groups is 3. The summed E-state index contributed by atoms with van der Waals surface area (Å²) in [6.45, 7) is 10.3. The molecular weight excluding hydrogens is 350 g/mol. The van der Waals surface area contributed by atoms with Crippen LogP contribution >= 0.6 is 0 Å². The average molecular weight is 379 g/mol. The molecule has 0 saturated heterocycles. The standard InChI is InChI=1S/C20H29NO6/c1-19(2,3)26-16(22)12-15(17(23)27-20(4,5)6)21-18(24)25-13-14-10-8-7-9-11-14/h7-11,15H,12-13H2,1-6H3,(H,21,24)/t15-/m1/s1. The van der Waals surface area contributed by atoms with Crippen molar-refractivity contribution in [1.29, 1.82) is 0 Å². The van der Waals surface area contributed by atoms with Gasteiger partial charge in [0.25, 0.3) is 0 Å². The van der Waals surface area contributed by atoms with Crippen molar-refractivity contribution < 1.29 is 28.6 Å². The van der Waals surface area contributed by atoms with Gasteiger partial charge in [-0.05, 0) is 47.1 Å². The van der Waals surface area contributed by atoms with Gasteiger partial charge in [0, 0.05) is 0 Å². The SMILES string of the molecule is CC(C)(C)OC(=O)C[C@@H](NC(=O)OCc1ccccc1)C(=O)OC(C)(C)C. The zero-order chi connectivity index (χ0) is 20.7. The molecule has 0 radical (unpaired) electrons. The number of esters is 2. The highest BCUT2D eigenvalue weighted by Gasteiger charge is 2.31. The lowest BCUT2D eigenvalue weighted by molar-refractivity contribution is -0.164. The second-order valence-electron chi connectivity index (χ2n) is 8.08. The van der Waals surface area contributed by atoms with Gasteiger partial charge >= 0.3 is 18.0 Å². The molecular formula is C20H29NO6. The first-order valence-corrected chi connectivity index (χ1v) is 8.78. The summed E-state index contributed by atoms with van der Waals surface area (Å²) < 4.78 is 15.6. The highest BCUT2D eigenvalue weighted by molar-refractivity contribution is 5.86. The second-order valence-corrected chi connectivity index (χ2v) is 8.08. The molecule has 0 aliphatic heterocycles. The summed E-state index contributed by atoms with van der Waals surface area (Å²) in [5.41, 5.74) is -0.670. The smallest absolute Gasteiger partial charge is 0.408 e. The minimum Gasteiger partial charge on any atom is -0.460 e. The first-order valence-electron chi connectivity index (χ1n) is 8.78. The third kappa shape index (κ3) is 10.2. The van der Waals surface area contributed by atoms with Crippen LogP contribution in [0, 0.1) is 0 Å². The van der Waals surface area contributed by atoms with E-state index in [4.69, 9.17) is 14.2 Å². The van der Waals surface area contributed by atoms with E-state index in [1.165, 1.54) is 0 Å². The zero-order valence-corrected chi connectivity index (χ0v) is 16.8. The summed E-state index contributed by atoms with van der Waals surface area (Å²) in [7, 11) is 0. The molecule has 7 heteroatoms. The van der Waals surface area contributed by atoms with Gasteiger partial charge in [-0.25, -0.2) is 9.59 Å². The first-order chi connectivity index (χ1) is 12.4. The third-order valence-corrected chi connectivity index (χ3v) is 2.99. The van der Waals surface area contributed by atoms with Crippen molar-refractivity contribution in [2.75, 3.05) is 0 Å². The van der Waals surface area contributed by atoms with Crippen molar-refractivity contribution in [2.24, 2.45) is 0 Å². The van der Waals surface area contributed by atoms with Gasteiger partial charge in [0.05, 0.1) is 6.42 Å². The number of hydrogen-bond acceptors (Lipinski definition) is 6. The predicted octanol–water partition coefficient (Wildman–Crippen LogP) is 3.35. The Hall–Kier alpha value is -2.57. The summed E-state index contributed by atoms with van der Waals surface area (Å²) in [6.07, 6.45) is -1.18. The van der Waals surface area contributed by atoms with Crippen molar-refractivity contribution in [1.82, 2.24) is 5.32 Å². The summed E-state index contributed by atoms with van der Waals surface area (Å²) in [5.74, 6) is -1.35. The zero-order valence-electron chi connectivity index (χ0n) is 16.8. The molecule has 150 valence electrons. The molecule has 0 bridgehead atoms.